The fourth-order valence-corrected chi connectivity index (χ4v) is 4.77. The summed E-state index contributed by atoms with van der Waals surface area (Å²) < 4.78 is 96.7. The van der Waals surface area contributed by atoms with Gasteiger partial charge in [0.15, 0.2) is 5.78 Å². The Morgan fingerprint density at radius 2 is 1.02 bits per heavy atom. The van der Waals surface area contributed by atoms with E-state index in [0.29, 0.717) is 17.0 Å². The molecule has 1 atom stereocenters. The van der Waals surface area contributed by atoms with Crippen LogP contribution in [-0.2, 0) is 5.41 Å². The summed E-state index contributed by atoms with van der Waals surface area (Å²) in [4.78, 5) is 12.9. The number of carbonyl (C=O) groups excluding carboxylic acids is 1. The fraction of sp³-hybridized carbons (Fsp3) is 0.242. The van der Waals surface area contributed by atoms with E-state index in [0.717, 1.165) is 60.5 Å². The molecule has 4 aromatic rings. The van der Waals surface area contributed by atoms with Crippen molar-refractivity contribution in [3.63, 3.8) is 0 Å². The molecule has 220 valence electrons. The van der Waals surface area contributed by atoms with E-state index in [1.54, 1.807) is 12.1 Å². The molecule has 0 bridgehead atoms. The molecular weight excluding hydrogens is 558 g/mol. The van der Waals surface area contributed by atoms with Crippen LogP contribution in [0.15, 0.2) is 97.1 Å². The molecule has 0 aliphatic carbocycles. The summed E-state index contributed by atoms with van der Waals surface area (Å²) >= 11 is 0. The Balaban J connectivity index is 1.58. The lowest BCUT2D eigenvalue weighted by Gasteiger charge is -2.38. The van der Waals surface area contributed by atoms with Gasteiger partial charge in [-0.1, -0.05) is 62.4 Å². The molecule has 0 saturated carbocycles. The lowest BCUT2D eigenvalue weighted by atomic mass is 9.73. The van der Waals surface area contributed by atoms with Crippen molar-refractivity contribution in [2.24, 2.45) is 0 Å². The second kappa shape index (κ2) is 11.9. The molecule has 0 aliphatic heterocycles. The van der Waals surface area contributed by atoms with Gasteiger partial charge in [0.25, 0.3) is 0 Å². The van der Waals surface area contributed by atoms with Crippen LogP contribution in [0.5, 0.6) is 17.2 Å². The van der Waals surface area contributed by atoms with Crippen molar-refractivity contribution < 1.29 is 40.6 Å². The normalized spacial score (nSPS) is 13.0. The molecule has 0 fully saturated rings. The minimum absolute atomic E-state index is 0.0199. The van der Waals surface area contributed by atoms with Gasteiger partial charge in [0.2, 0.25) is 5.41 Å². The van der Waals surface area contributed by atoms with Crippen molar-refractivity contribution in [3.8, 4) is 17.2 Å². The second-order valence-corrected chi connectivity index (χ2v) is 9.89. The first-order valence-corrected chi connectivity index (χ1v) is 13.1. The Labute approximate surface area is 239 Å². The van der Waals surface area contributed by atoms with Crippen molar-refractivity contribution >= 4 is 5.78 Å². The maximum absolute atomic E-state index is 14.4. The lowest BCUT2D eigenvalue weighted by Crippen LogP contribution is -2.54. The van der Waals surface area contributed by atoms with Crippen molar-refractivity contribution in [3.05, 3.63) is 125 Å². The van der Waals surface area contributed by atoms with Gasteiger partial charge >= 0.3 is 12.4 Å². The molecule has 0 spiro atoms. The van der Waals surface area contributed by atoms with Crippen LogP contribution in [0.3, 0.4) is 0 Å². The zero-order valence-electron chi connectivity index (χ0n) is 23.0. The largest absolute Gasteiger partial charge is 0.497 e. The Morgan fingerprint density at radius 3 is 1.40 bits per heavy atom. The first-order chi connectivity index (χ1) is 19.8. The third kappa shape index (κ3) is 5.86. The molecule has 0 saturated heterocycles. The van der Waals surface area contributed by atoms with Gasteiger partial charge in [-0.3, -0.25) is 4.79 Å². The topological polar surface area (TPSA) is 35.5 Å². The van der Waals surface area contributed by atoms with E-state index in [1.807, 2.05) is 12.1 Å². The average Bonchev–Trinajstić information content (AvgIpc) is 2.97. The number of benzene rings is 4. The van der Waals surface area contributed by atoms with Gasteiger partial charge in [0, 0.05) is 11.1 Å². The first-order valence-electron chi connectivity index (χ1n) is 13.1. The number of carbonyl (C=O) groups is 1. The molecule has 1 unspecified atom stereocenters. The van der Waals surface area contributed by atoms with E-state index >= 15 is 0 Å². The van der Waals surface area contributed by atoms with Crippen molar-refractivity contribution in [1.29, 1.82) is 0 Å². The van der Waals surface area contributed by atoms with Crippen LogP contribution < -0.4 is 9.47 Å². The number of hydrogen-bond acceptors (Lipinski definition) is 3. The highest BCUT2D eigenvalue weighted by molar-refractivity contribution is 6.09. The van der Waals surface area contributed by atoms with Gasteiger partial charge in [0.05, 0.1) is 7.11 Å². The van der Waals surface area contributed by atoms with Crippen LogP contribution in [0.2, 0.25) is 0 Å². The number of ether oxygens (including phenoxy) is 2. The standard InChI is InChI=1S/C33H28F6O3/c1-4-21(2)22-5-7-23(8-6-22)30(40)24-9-15-28(16-10-24)42-29-19-13-26(14-20-29)31(32(34,35)36,33(37,38)39)25-11-17-27(41-3)18-12-25/h5-21H,4H2,1-3H3. The number of alkyl halides is 6. The molecule has 0 amide bonds. The summed E-state index contributed by atoms with van der Waals surface area (Å²) in [6.07, 6.45) is -10.4. The summed E-state index contributed by atoms with van der Waals surface area (Å²) in [7, 11) is 1.26. The Bertz CT molecular complexity index is 1470. The van der Waals surface area contributed by atoms with Crippen LogP contribution >= 0.6 is 0 Å². The predicted octanol–water partition coefficient (Wildman–Crippen LogP) is 9.64. The molecule has 0 aliphatic rings. The predicted molar refractivity (Wildman–Crippen MR) is 147 cm³/mol. The second-order valence-electron chi connectivity index (χ2n) is 9.89. The number of hydrogen-bond donors (Lipinski definition) is 0. The van der Waals surface area contributed by atoms with Crippen LogP contribution in [0.25, 0.3) is 0 Å². The highest BCUT2D eigenvalue weighted by Gasteiger charge is 2.72. The molecule has 3 nitrogen and oxygen atoms in total. The number of halogens is 6. The van der Waals surface area contributed by atoms with E-state index < -0.39 is 28.9 Å². The van der Waals surface area contributed by atoms with Crippen molar-refractivity contribution in [1.82, 2.24) is 0 Å². The smallest absolute Gasteiger partial charge is 0.411 e. The van der Waals surface area contributed by atoms with E-state index in [4.69, 9.17) is 9.47 Å². The highest BCUT2D eigenvalue weighted by Crippen LogP contribution is 2.56. The molecule has 0 radical (unpaired) electrons. The van der Waals surface area contributed by atoms with E-state index in [-0.39, 0.29) is 23.0 Å². The number of rotatable bonds is 9. The summed E-state index contributed by atoms with van der Waals surface area (Å²) in [6.45, 7) is 4.19. The van der Waals surface area contributed by atoms with E-state index in [9.17, 15) is 31.1 Å². The molecule has 9 heteroatoms. The van der Waals surface area contributed by atoms with Gasteiger partial charge < -0.3 is 9.47 Å². The molecule has 0 heterocycles. The molecule has 0 N–H and O–H groups in total. The highest BCUT2D eigenvalue weighted by atomic mass is 19.4. The van der Waals surface area contributed by atoms with Gasteiger partial charge in [-0.05, 0) is 77.6 Å². The summed E-state index contributed by atoms with van der Waals surface area (Å²) in [5.74, 6) is 0.565. The minimum Gasteiger partial charge on any atom is -0.497 e. The first kappa shape index (κ1) is 30.7. The van der Waals surface area contributed by atoms with Crippen LogP contribution in [0.1, 0.15) is 58.8 Å². The van der Waals surface area contributed by atoms with Crippen LogP contribution in [-0.4, -0.2) is 25.2 Å². The van der Waals surface area contributed by atoms with Gasteiger partial charge in [-0.2, -0.15) is 26.3 Å². The zero-order chi connectivity index (χ0) is 30.7. The maximum atomic E-state index is 14.4. The Morgan fingerprint density at radius 1 is 0.643 bits per heavy atom. The quantitative estimate of drug-likeness (QED) is 0.145. The molecule has 0 aromatic heterocycles. The molecule has 4 rings (SSSR count). The lowest BCUT2D eigenvalue weighted by molar-refractivity contribution is -0.288. The van der Waals surface area contributed by atoms with Crippen molar-refractivity contribution in [2.75, 3.05) is 7.11 Å². The van der Waals surface area contributed by atoms with Crippen LogP contribution in [0.4, 0.5) is 26.3 Å². The van der Waals surface area contributed by atoms with E-state index in [2.05, 4.69) is 13.8 Å². The molecule has 4 aromatic carbocycles. The van der Waals surface area contributed by atoms with Gasteiger partial charge in [-0.25, -0.2) is 0 Å². The molecule has 42 heavy (non-hydrogen) atoms. The van der Waals surface area contributed by atoms with Gasteiger partial charge in [-0.15, -0.1) is 0 Å². The van der Waals surface area contributed by atoms with Gasteiger partial charge in [0.1, 0.15) is 17.2 Å². The fourth-order valence-electron chi connectivity index (χ4n) is 4.77. The van der Waals surface area contributed by atoms with Crippen LogP contribution in [0, 0.1) is 0 Å². The molecular formula is C33H28F6O3. The van der Waals surface area contributed by atoms with E-state index in [1.165, 1.54) is 31.4 Å². The number of methoxy groups -OCH3 is 1. The maximum Gasteiger partial charge on any atom is 0.411 e. The zero-order valence-corrected chi connectivity index (χ0v) is 23.0. The summed E-state index contributed by atoms with van der Waals surface area (Å²) in [6, 6.07) is 20.7. The Kier molecular flexibility index (Phi) is 8.71. The summed E-state index contributed by atoms with van der Waals surface area (Å²) in [5, 5.41) is 0. The average molecular weight is 587 g/mol. The van der Waals surface area contributed by atoms with Crippen molar-refractivity contribution in [2.45, 2.75) is 44.0 Å². The monoisotopic (exact) mass is 586 g/mol. The third-order valence-corrected chi connectivity index (χ3v) is 7.37. The number of ketones is 1. The Hall–Kier alpha value is -4.27. The minimum atomic E-state index is -5.71. The summed E-state index contributed by atoms with van der Waals surface area (Å²) in [5.41, 5.74) is -4.24. The third-order valence-electron chi connectivity index (χ3n) is 7.37. The SMILES string of the molecule is CCC(C)c1ccc(C(=O)c2ccc(Oc3ccc(C(c4ccc(OC)cc4)(C(F)(F)F)C(F)(F)F)cc3)cc2)cc1.